The molecule has 4 rings (SSSR count). The topological polar surface area (TPSA) is 147 Å². The summed E-state index contributed by atoms with van der Waals surface area (Å²) in [7, 11) is 0. The molecular formula is C26H28ClF4N4O7PS. The Kier molecular flexibility index (Phi) is 9.95. The Hall–Kier alpha value is -2.85. The van der Waals surface area contributed by atoms with Crippen LogP contribution in [0.4, 0.5) is 23.4 Å². The quantitative estimate of drug-likeness (QED) is 0.150. The highest BCUT2D eigenvalue weighted by Gasteiger charge is 2.71. The van der Waals surface area contributed by atoms with Gasteiger partial charge in [-0.25, -0.2) is 18.7 Å². The summed E-state index contributed by atoms with van der Waals surface area (Å²) in [6, 6.07) is 10.7. The number of nitrogens with two attached hydrogens (primary N) is 1. The van der Waals surface area contributed by atoms with E-state index in [-0.39, 0.29) is 10.3 Å². The fourth-order valence-electron chi connectivity index (χ4n) is 4.29. The molecule has 0 saturated carbocycles. The number of halogens is 5. The third kappa shape index (κ3) is 6.86. The Morgan fingerprint density at radius 2 is 1.91 bits per heavy atom. The number of alkyl halides is 4. The van der Waals surface area contributed by atoms with Gasteiger partial charge >= 0.3 is 24.2 Å². The Balaban J connectivity index is 1.69. The molecule has 1 unspecified atom stereocenters. The number of carbonyl (C=O) groups excluding carboxylic acids is 1. The van der Waals surface area contributed by atoms with E-state index < -0.39 is 78.2 Å². The van der Waals surface area contributed by atoms with E-state index in [0.29, 0.717) is 11.6 Å². The average molecular weight is 683 g/mol. The maximum Gasteiger partial charge on any atom is 0.351 e. The minimum absolute atomic E-state index is 0.0975. The molecule has 0 bridgehead atoms. The zero-order chi connectivity index (χ0) is 32.6. The van der Waals surface area contributed by atoms with Gasteiger partial charge in [0.25, 0.3) is 6.43 Å². The van der Waals surface area contributed by atoms with Crippen LogP contribution in [0.5, 0.6) is 5.75 Å². The molecule has 0 amide bonds. The summed E-state index contributed by atoms with van der Waals surface area (Å²) in [6.45, 7) is -1.02. The van der Waals surface area contributed by atoms with Gasteiger partial charge in [-0.3, -0.25) is 9.36 Å². The van der Waals surface area contributed by atoms with Crippen LogP contribution in [0.3, 0.4) is 0 Å². The lowest BCUT2D eigenvalue weighted by molar-refractivity contribution is -0.192. The first-order valence-electron chi connectivity index (χ1n) is 13.0. The van der Waals surface area contributed by atoms with Crippen LogP contribution in [0, 0.1) is 0 Å². The monoisotopic (exact) mass is 682 g/mol. The lowest BCUT2D eigenvalue weighted by Crippen LogP contribution is -2.54. The van der Waals surface area contributed by atoms with Crippen molar-refractivity contribution < 1.29 is 46.0 Å². The molecule has 1 fully saturated rings. The maximum absolute atomic E-state index is 15.4. The molecule has 11 nitrogen and oxygen atoms in total. The van der Waals surface area contributed by atoms with Crippen molar-refractivity contribution in [2.75, 3.05) is 12.3 Å². The van der Waals surface area contributed by atoms with Gasteiger partial charge in [0.05, 0.1) is 17.7 Å². The van der Waals surface area contributed by atoms with Crippen molar-refractivity contribution in [1.82, 2.24) is 14.6 Å². The summed E-state index contributed by atoms with van der Waals surface area (Å²) in [5, 5.41) is 14.3. The summed E-state index contributed by atoms with van der Waals surface area (Å²) in [5.74, 6) is -5.69. The Bertz CT molecular complexity index is 1650. The number of aliphatic hydroxyl groups excluding tert-OH is 1. The smallest absolute Gasteiger partial charge is 0.351 e. The molecule has 2 heterocycles. The normalized spacial score (nSPS) is 23.5. The van der Waals surface area contributed by atoms with Gasteiger partial charge in [0.2, 0.25) is 6.23 Å². The molecule has 1 aliphatic heterocycles. The van der Waals surface area contributed by atoms with Crippen LogP contribution in [0.15, 0.2) is 53.5 Å². The van der Waals surface area contributed by atoms with Crippen LogP contribution in [-0.2, 0) is 30.6 Å². The third-order valence-electron chi connectivity index (χ3n) is 6.51. The SMILES string of the molecule is CC(C)OC(=O)[C@H](C)NP(=S)(OC[C@@]1(C(F)F)O[C@@H](n2cc(Cl)c(N)nc2=O)C(F)(F)[C@@H]1O)Oc1ccc2ccccc2c1. The van der Waals surface area contributed by atoms with Crippen LogP contribution < -0.4 is 21.0 Å². The molecule has 0 aliphatic carbocycles. The second-order valence-electron chi connectivity index (χ2n) is 10.2. The molecule has 44 heavy (non-hydrogen) atoms. The second-order valence-corrected chi connectivity index (χ2v) is 13.7. The minimum atomic E-state index is -4.49. The molecule has 3 aromatic rings. The number of aromatic nitrogens is 2. The number of nitrogen functional groups attached to an aromatic ring is 1. The highest BCUT2D eigenvalue weighted by Crippen LogP contribution is 2.53. The van der Waals surface area contributed by atoms with E-state index in [1.165, 1.54) is 13.0 Å². The second kappa shape index (κ2) is 12.9. The number of nitrogens with one attached hydrogen (secondary N) is 1. The number of benzene rings is 2. The number of ether oxygens (including phenoxy) is 2. The predicted molar refractivity (Wildman–Crippen MR) is 156 cm³/mol. The van der Waals surface area contributed by atoms with E-state index in [1.807, 2.05) is 12.1 Å². The molecule has 5 atom stereocenters. The van der Waals surface area contributed by atoms with Gasteiger partial charge in [-0.15, -0.1) is 0 Å². The summed E-state index contributed by atoms with van der Waals surface area (Å²) in [5.41, 5.74) is 0.579. The van der Waals surface area contributed by atoms with Crippen LogP contribution in [0.1, 0.15) is 27.0 Å². The number of hydrogen-bond donors (Lipinski definition) is 3. The number of anilines is 1. The average Bonchev–Trinajstić information content (AvgIpc) is 3.15. The molecule has 2 aromatic carbocycles. The number of rotatable bonds is 11. The summed E-state index contributed by atoms with van der Waals surface area (Å²) in [6.07, 6.45) is -9.73. The van der Waals surface area contributed by atoms with Gasteiger partial charge < -0.3 is 29.4 Å². The van der Waals surface area contributed by atoms with E-state index in [9.17, 15) is 23.5 Å². The fraction of sp³-hybridized carbons (Fsp3) is 0.423. The Morgan fingerprint density at radius 1 is 1.25 bits per heavy atom. The first kappa shape index (κ1) is 34.0. The van der Waals surface area contributed by atoms with Crippen molar-refractivity contribution in [3.8, 4) is 5.75 Å². The highest BCUT2D eigenvalue weighted by molar-refractivity contribution is 8.09. The van der Waals surface area contributed by atoms with E-state index in [0.717, 1.165) is 5.39 Å². The van der Waals surface area contributed by atoms with Crippen molar-refractivity contribution in [2.45, 2.75) is 63.2 Å². The standard InChI is InChI=1S/C26H28ClF4N4O7PS/c1-13(2)40-20(36)14(3)34-43(44,42-17-9-8-15-6-4-5-7-16(15)10-17)39-12-25(22(28)29)21(37)26(30,31)23(41-25)35-11-18(27)19(32)33-24(35)38/h4-11,13-14,21-23,37H,12H2,1-3H3,(H,34,44)(H2,32,33,38)/t14-,21+,23+,25+,43?/m0/s1. The largest absolute Gasteiger partial charge is 0.462 e. The van der Waals surface area contributed by atoms with Gasteiger partial charge in [-0.2, -0.15) is 13.8 Å². The van der Waals surface area contributed by atoms with Gasteiger partial charge in [0.1, 0.15) is 17.6 Å². The van der Waals surface area contributed by atoms with Crippen LogP contribution >= 0.6 is 18.2 Å². The zero-order valence-electron chi connectivity index (χ0n) is 23.3. The summed E-state index contributed by atoms with van der Waals surface area (Å²) < 4.78 is 81.8. The van der Waals surface area contributed by atoms with E-state index in [4.69, 9.17) is 47.7 Å². The van der Waals surface area contributed by atoms with Crippen molar-refractivity contribution in [1.29, 1.82) is 0 Å². The van der Waals surface area contributed by atoms with E-state index in [2.05, 4.69) is 10.1 Å². The van der Waals surface area contributed by atoms with Crippen molar-refractivity contribution >= 4 is 52.6 Å². The third-order valence-corrected chi connectivity index (χ3v) is 9.28. The summed E-state index contributed by atoms with van der Waals surface area (Å²) in [4.78, 5) is 28.2. The Morgan fingerprint density at radius 3 is 2.55 bits per heavy atom. The van der Waals surface area contributed by atoms with Crippen molar-refractivity contribution in [3.05, 3.63) is 64.2 Å². The molecule has 240 valence electrons. The Labute approximate surface area is 258 Å². The molecule has 4 N–H and O–H groups in total. The van der Waals surface area contributed by atoms with Crippen molar-refractivity contribution in [3.63, 3.8) is 0 Å². The first-order chi connectivity index (χ1) is 20.5. The maximum atomic E-state index is 15.4. The fourth-order valence-corrected chi connectivity index (χ4v) is 6.85. The lowest BCUT2D eigenvalue weighted by Gasteiger charge is -2.34. The molecule has 1 saturated heterocycles. The van der Waals surface area contributed by atoms with Crippen LogP contribution in [0.25, 0.3) is 10.8 Å². The van der Waals surface area contributed by atoms with Gasteiger partial charge in [-0.05, 0) is 55.5 Å². The number of carbonyl (C=O) groups is 1. The van der Waals surface area contributed by atoms with Gasteiger partial charge in [0.15, 0.2) is 11.7 Å². The number of hydrogen-bond acceptors (Lipinski definition) is 10. The molecule has 1 aromatic heterocycles. The van der Waals surface area contributed by atoms with Gasteiger partial charge in [-0.1, -0.05) is 41.9 Å². The first-order valence-corrected chi connectivity index (χ1v) is 16.0. The molecule has 0 spiro atoms. The van der Waals surface area contributed by atoms with E-state index in [1.54, 1.807) is 38.1 Å². The molecule has 1 aliphatic rings. The number of aliphatic hydroxyl groups is 1. The minimum Gasteiger partial charge on any atom is -0.462 e. The van der Waals surface area contributed by atoms with E-state index >= 15 is 8.78 Å². The number of nitrogens with zero attached hydrogens (tertiary/aromatic N) is 2. The zero-order valence-corrected chi connectivity index (χ0v) is 25.8. The lowest BCUT2D eigenvalue weighted by atomic mass is 9.96. The van der Waals surface area contributed by atoms with Crippen LogP contribution in [0.2, 0.25) is 5.02 Å². The number of esters is 1. The number of fused-ring (bicyclic) bond motifs is 1. The predicted octanol–water partition coefficient (Wildman–Crippen LogP) is 4.41. The van der Waals surface area contributed by atoms with Crippen LogP contribution in [-0.4, -0.2) is 63.4 Å². The summed E-state index contributed by atoms with van der Waals surface area (Å²) >= 11 is 11.4. The van der Waals surface area contributed by atoms with Gasteiger partial charge in [0, 0.05) is 6.20 Å². The molecular weight excluding hydrogens is 655 g/mol. The van der Waals surface area contributed by atoms with Crippen molar-refractivity contribution in [2.24, 2.45) is 0 Å². The molecule has 0 radical (unpaired) electrons. The highest BCUT2D eigenvalue weighted by atomic mass is 35.5. The molecule has 18 heteroatoms.